The van der Waals surface area contributed by atoms with E-state index < -0.39 is 0 Å². The Labute approximate surface area is 229 Å². The van der Waals surface area contributed by atoms with Crippen molar-refractivity contribution in [3.05, 3.63) is 145 Å². The maximum Gasteiger partial charge on any atom is 0.00955 e. The van der Waals surface area contributed by atoms with E-state index in [0.29, 0.717) is 11.8 Å². The molecule has 186 valence electrons. The summed E-state index contributed by atoms with van der Waals surface area (Å²) in [6, 6.07) is 40.8. The van der Waals surface area contributed by atoms with E-state index in [1.165, 1.54) is 65.7 Å². The Hall–Kier alpha value is -4.42. The molecular weight excluding hydrogens is 468 g/mol. The number of hydrogen-bond donors (Lipinski definition) is 0. The van der Waals surface area contributed by atoms with Gasteiger partial charge >= 0.3 is 0 Å². The van der Waals surface area contributed by atoms with Crippen LogP contribution in [0.3, 0.4) is 0 Å². The molecule has 0 bridgehead atoms. The first-order chi connectivity index (χ1) is 19.1. The van der Waals surface area contributed by atoms with Crippen molar-refractivity contribution in [3.8, 4) is 22.3 Å². The molecule has 0 nitrogen and oxygen atoms in total. The van der Waals surface area contributed by atoms with Crippen molar-refractivity contribution in [2.24, 2.45) is 5.92 Å². The summed E-state index contributed by atoms with van der Waals surface area (Å²) < 4.78 is 0. The second-order valence-electron chi connectivity index (χ2n) is 11.7. The zero-order valence-corrected chi connectivity index (χ0v) is 22.4. The summed E-state index contributed by atoms with van der Waals surface area (Å²) in [6.45, 7) is 4.80. The summed E-state index contributed by atoms with van der Waals surface area (Å²) in [5.74, 6) is 0.985. The van der Waals surface area contributed by atoms with Gasteiger partial charge in [-0.2, -0.15) is 0 Å². The predicted molar refractivity (Wildman–Crippen MR) is 167 cm³/mol. The lowest BCUT2D eigenvalue weighted by molar-refractivity contribution is 0.394. The largest absolute Gasteiger partial charge is 0.0796 e. The van der Waals surface area contributed by atoms with Crippen LogP contribution in [0, 0.1) is 5.92 Å². The van der Waals surface area contributed by atoms with Gasteiger partial charge in [0.05, 0.1) is 0 Å². The van der Waals surface area contributed by atoms with Gasteiger partial charge < -0.3 is 0 Å². The molecule has 0 aliphatic heterocycles. The third-order valence-electron chi connectivity index (χ3n) is 9.35. The fourth-order valence-corrected chi connectivity index (χ4v) is 7.44. The summed E-state index contributed by atoms with van der Waals surface area (Å²) in [5, 5.41) is 7.91. The summed E-state index contributed by atoms with van der Waals surface area (Å²) in [4.78, 5) is 0. The molecule has 0 saturated carbocycles. The highest BCUT2D eigenvalue weighted by atomic mass is 14.5. The molecular formula is C39H30. The summed E-state index contributed by atoms with van der Waals surface area (Å²) in [7, 11) is 0. The van der Waals surface area contributed by atoms with Crippen LogP contribution in [0.25, 0.3) is 54.6 Å². The minimum absolute atomic E-state index is 0.147. The minimum atomic E-state index is 0.147. The zero-order valence-electron chi connectivity index (χ0n) is 22.4. The number of rotatable bonds is 2. The standard InChI is InChI=1S/C39H30/c1-39(2)36-20-8-7-16-32(36)35-24-26(21-22-37(35)39)25-11-9-12-27(23-25)28-18-10-19-34-31-14-4-3-13-29(31)30-15-5-6-17-33(30)38(28)34/h3-24,32,36H,1-2H3. The van der Waals surface area contributed by atoms with Gasteiger partial charge in [0.25, 0.3) is 0 Å². The number of benzene rings is 6. The van der Waals surface area contributed by atoms with Crippen molar-refractivity contribution < 1.29 is 0 Å². The van der Waals surface area contributed by atoms with Crippen molar-refractivity contribution in [2.75, 3.05) is 0 Å². The predicted octanol–water partition coefficient (Wildman–Crippen LogP) is 10.6. The molecule has 0 fully saturated rings. The molecule has 0 saturated heterocycles. The second-order valence-corrected chi connectivity index (χ2v) is 11.7. The molecule has 0 N–H and O–H groups in total. The van der Waals surface area contributed by atoms with Gasteiger partial charge in [-0.1, -0.05) is 141 Å². The SMILES string of the molecule is CC1(C)c2ccc(-c3cccc(-c4cccc5c6ccccc6c6ccccc6c45)c3)cc2C2C=CC=CC21. The van der Waals surface area contributed by atoms with Gasteiger partial charge in [0.1, 0.15) is 0 Å². The molecule has 2 unspecified atom stereocenters. The van der Waals surface area contributed by atoms with E-state index in [2.05, 4.69) is 147 Å². The molecule has 0 heterocycles. The van der Waals surface area contributed by atoms with Crippen LogP contribution in [0.2, 0.25) is 0 Å². The van der Waals surface area contributed by atoms with Gasteiger partial charge in [-0.25, -0.2) is 0 Å². The highest BCUT2D eigenvalue weighted by Crippen LogP contribution is 2.53. The van der Waals surface area contributed by atoms with Gasteiger partial charge in [0.15, 0.2) is 0 Å². The lowest BCUT2D eigenvalue weighted by Gasteiger charge is -2.29. The lowest BCUT2D eigenvalue weighted by Crippen LogP contribution is -2.24. The van der Waals surface area contributed by atoms with Crippen LogP contribution in [0.4, 0.5) is 0 Å². The Kier molecular flexibility index (Phi) is 4.79. The highest BCUT2D eigenvalue weighted by Gasteiger charge is 2.44. The molecule has 0 spiro atoms. The average Bonchev–Trinajstić information content (AvgIpc) is 3.23. The molecule has 0 radical (unpaired) electrons. The Balaban J connectivity index is 1.32. The molecule has 0 heteroatoms. The van der Waals surface area contributed by atoms with Crippen molar-refractivity contribution in [1.29, 1.82) is 0 Å². The summed E-state index contributed by atoms with van der Waals surface area (Å²) >= 11 is 0. The Morgan fingerprint density at radius 3 is 1.87 bits per heavy atom. The van der Waals surface area contributed by atoms with Gasteiger partial charge in [-0.15, -0.1) is 0 Å². The molecule has 2 aliphatic carbocycles. The first kappa shape index (κ1) is 22.6. The molecule has 6 aromatic carbocycles. The summed E-state index contributed by atoms with van der Waals surface area (Å²) in [6.07, 6.45) is 9.23. The zero-order chi connectivity index (χ0) is 26.1. The van der Waals surface area contributed by atoms with Crippen molar-refractivity contribution in [2.45, 2.75) is 25.2 Å². The smallest absolute Gasteiger partial charge is 0.00955 e. The highest BCUT2D eigenvalue weighted by molar-refractivity contribution is 6.28. The van der Waals surface area contributed by atoms with Gasteiger partial charge in [-0.3, -0.25) is 0 Å². The quantitative estimate of drug-likeness (QED) is 0.208. The fourth-order valence-electron chi connectivity index (χ4n) is 7.44. The molecule has 8 rings (SSSR count). The second kappa shape index (κ2) is 8.29. The Bertz CT molecular complexity index is 1950. The molecule has 0 amide bonds. The van der Waals surface area contributed by atoms with Crippen LogP contribution < -0.4 is 0 Å². The van der Waals surface area contributed by atoms with E-state index in [0.717, 1.165) is 0 Å². The van der Waals surface area contributed by atoms with E-state index in [1.54, 1.807) is 0 Å². The van der Waals surface area contributed by atoms with Crippen LogP contribution >= 0.6 is 0 Å². The van der Waals surface area contributed by atoms with Crippen molar-refractivity contribution in [3.63, 3.8) is 0 Å². The monoisotopic (exact) mass is 498 g/mol. The van der Waals surface area contributed by atoms with E-state index in [1.807, 2.05) is 0 Å². The van der Waals surface area contributed by atoms with Crippen LogP contribution in [-0.2, 0) is 5.41 Å². The van der Waals surface area contributed by atoms with Gasteiger partial charge in [0, 0.05) is 5.92 Å². The average molecular weight is 499 g/mol. The maximum atomic E-state index is 2.45. The van der Waals surface area contributed by atoms with E-state index in [9.17, 15) is 0 Å². The van der Waals surface area contributed by atoms with E-state index >= 15 is 0 Å². The normalized spacial score (nSPS) is 19.0. The van der Waals surface area contributed by atoms with Crippen LogP contribution in [0.1, 0.15) is 30.9 Å². The first-order valence-corrected chi connectivity index (χ1v) is 14.0. The van der Waals surface area contributed by atoms with Crippen LogP contribution in [0.5, 0.6) is 0 Å². The molecule has 6 aromatic rings. The molecule has 2 aliphatic rings. The number of allylic oxidation sites excluding steroid dienone is 4. The van der Waals surface area contributed by atoms with Gasteiger partial charge in [-0.05, 0) is 83.1 Å². The topological polar surface area (TPSA) is 0 Å². The third-order valence-corrected chi connectivity index (χ3v) is 9.35. The Morgan fingerprint density at radius 1 is 0.513 bits per heavy atom. The van der Waals surface area contributed by atoms with E-state index in [4.69, 9.17) is 0 Å². The first-order valence-electron chi connectivity index (χ1n) is 14.0. The number of hydrogen-bond acceptors (Lipinski definition) is 0. The Morgan fingerprint density at radius 2 is 1.10 bits per heavy atom. The van der Waals surface area contributed by atoms with Gasteiger partial charge in [0.2, 0.25) is 0 Å². The summed E-state index contributed by atoms with van der Waals surface area (Å²) in [5.41, 5.74) is 8.24. The fraction of sp³-hybridized carbons (Fsp3) is 0.128. The lowest BCUT2D eigenvalue weighted by atomic mass is 9.74. The van der Waals surface area contributed by atoms with Crippen molar-refractivity contribution >= 4 is 32.3 Å². The molecule has 2 atom stereocenters. The van der Waals surface area contributed by atoms with E-state index in [-0.39, 0.29) is 5.41 Å². The maximum absolute atomic E-state index is 2.45. The number of fused-ring (bicyclic) bond motifs is 9. The van der Waals surface area contributed by atoms with Crippen molar-refractivity contribution in [1.82, 2.24) is 0 Å². The minimum Gasteiger partial charge on any atom is -0.0796 e. The van der Waals surface area contributed by atoms with Crippen LogP contribution in [0.15, 0.2) is 133 Å². The molecule has 0 aromatic heterocycles. The third kappa shape index (κ3) is 3.25. The molecule has 39 heavy (non-hydrogen) atoms. The van der Waals surface area contributed by atoms with Crippen LogP contribution in [-0.4, -0.2) is 0 Å².